The van der Waals surface area contributed by atoms with E-state index in [0.29, 0.717) is 6.54 Å². The van der Waals surface area contributed by atoms with Crippen LogP contribution in [0.1, 0.15) is 26.3 Å². The Balaban J connectivity index is 2.87. The van der Waals surface area contributed by atoms with Crippen molar-refractivity contribution in [1.29, 1.82) is 0 Å². The van der Waals surface area contributed by atoms with E-state index in [-0.39, 0.29) is 11.6 Å². The van der Waals surface area contributed by atoms with Crippen LogP contribution >= 0.6 is 0 Å². The topological polar surface area (TPSA) is 51.4 Å². The van der Waals surface area contributed by atoms with Gasteiger partial charge >= 0.3 is 0 Å². The minimum atomic E-state index is -0.160. The zero-order valence-electron chi connectivity index (χ0n) is 11.9. The molecule has 1 rings (SSSR count). The molecule has 1 aromatic rings. The number of methoxy groups -OCH3 is 1. The zero-order valence-corrected chi connectivity index (χ0v) is 11.9. The number of nitrogens with zero attached hydrogens (tertiary/aromatic N) is 2. The van der Waals surface area contributed by atoms with Gasteiger partial charge in [-0.25, -0.2) is 0 Å². The molecule has 1 aromatic heterocycles. The lowest BCUT2D eigenvalue weighted by Crippen LogP contribution is -2.58. The minimum absolute atomic E-state index is 0.0873. The number of aromatic nitrogens is 1. The fourth-order valence-corrected chi connectivity index (χ4v) is 2.17. The summed E-state index contributed by atoms with van der Waals surface area (Å²) in [5.74, 6) is 0. The lowest BCUT2D eigenvalue weighted by atomic mass is 9.92. The lowest BCUT2D eigenvalue weighted by Gasteiger charge is -2.43. The normalized spacial score (nSPS) is 16.6. The largest absolute Gasteiger partial charge is 0.380 e. The molecule has 0 spiro atoms. The van der Waals surface area contributed by atoms with Gasteiger partial charge in [0.1, 0.15) is 0 Å². The zero-order chi connectivity index (χ0) is 13.6. The summed E-state index contributed by atoms with van der Waals surface area (Å²) in [6, 6.07) is 4.08. The Morgan fingerprint density at radius 2 is 2.06 bits per heavy atom. The van der Waals surface area contributed by atoms with Crippen LogP contribution in [0.4, 0.5) is 0 Å². The average molecular weight is 251 g/mol. The van der Waals surface area contributed by atoms with Gasteiger partial charge in [0, 0.05) is 32.6 Å². The van der Waals surface area contributed by atoms with Crippen molar-refractivity contribution in [2.24, 2.45) is 5.73 Å². The maximum absolute atomic E-state index is 5.98. The van der Waals surface area contributed by atoms with Gasteiger partial charge in [0.2, 0.25) is 0 Å². The standard InChI is InChI=1S/C14H25N3O/c1-5-17(10-13-6-8-16-9-7-13)14(3,11-15)12(2)18-4/h6-9,12H,5,10-11,15H2,1-4H3. The molecule has 0 fully saturated rings. The number of nitrogens with two attached hydrogens (primary N) is 1. The Morgan fingerprint density at radius 3 is 2.50 bits per heavy atom. The number of rotatable bonds is 7. The van der Waals surface area contributed by atoms with Crippen LogP contribution in [0, 0.1) is 0 Å². The molecule has 1 heterocycles. The van der Waals surface area contributed by atoms with Gasteiger partial charge in [-0.3, -0.25) is 9.88 Å². The van der Waals surface area contributed by atoms with Crippen molar-refractivity contribution >= 4 is 0 Å². The third-order valence-electron chi connectivity index (χ3n) is 3.87. The number of hydrogen-bond donors (Lipinski definition) is 1. The minimum Gasteiger partial charge on any atom is -0.380 e. The van der Waals surface area contributed by atoms with E-state index < -0.39 is 0 Å². The third-order valence-corrected chi connectivity index (χ3v) is 3.87. The Morgan fingerprint density at radius 1 is 1.44 bits per heavy atom. The number of hydrogen-bond acceptors (Lipinski definition) is 4. The summed E-state index contributed by atoms with van der Waals surface area (Å²) in [6.45, 7) is 8.75. The molecule has 0 amide bonds. The maximum Gasteiger partial charge on any atom is 0.0736 e. The average Bonchev–Trinajstić information content (AvgIpc) is 2.44. The molecule has 0 bridgehead atoms. The molecule has 0 aromatic carbocycles. The van der Waals surface area contributed by atoms with E-state index in [1.807, 2.05) is 24.5 Å². The monoisotopic (exact) mass is 251 g/mol. The van der Waals surface area contributed by atoms with E-state index in [9.17, 15) is 0 Å². The van der Waals surface area contributed by atoms with Crippen LogP contribution in [0.3, 0.4) is 0 Å². The summed E-state index contributed by atoms with van der Waals surface area (Å²) >= 11 is 0. The molecule has 4 nitrogen and oxygen atoms in total. The van der Waals surface area contributed by atoms with Crippen molar-refractivity contribution in [3.63, 3.8) is 0 Å². The maximum atomic E-state index is 5.98. The molecule has 0 saturated carbocycles. The lowest BCUT2D eigenvalue weighted by molar-refractivity contribution is -0.0331. The van der Waals surface area contributed by atoms with Crippen LogP contribution in [-0.4, -0.2) is 41.7 Å². The Bertz CT molecular complexity index is 344. The quantitative estimate of drug-likeness (QED) is 0.800. The van der Waals surface area contributed by atoms with Gasteiger partial charge in [0.05, 0.1) is 11.6 Å². The molecule has 0 radical (unpaired) electrons. The smallest absolute Gasteiger partial charge is 0.0736 e. The molecule has 0 aliphatic rings. The van der Waals surface area contributed by atoms with Crippen molar-refractivity contribution in [3.8, 4) is 0 Å². The molecule has 4 heteroatoms. The highest BCUT2D eigenvalue weighted by Crippen LogP contribution is 2.22. The molecule has 2 unspecified atom stereocenters. The first kappa shape index (κ1) is 15.1. The second-order valence-electron chi connectivity index (χ2n) is 4.81. The summed E-state index contributed by atoms with van der Waals surface area (Å²) in [5.41, 5.74) is 7.06. The first-order valence-corrected chi connectivity index (χ1v) is 6.45. The molecule has 0 aliphatic heterocycles. The van der Waals surface area contributed by atoms with Crippen molar-refractivity contribution in [2.75, 3.05) is 20.2 Å². The molecule has 102 valence electrons. The molecule has 0 saturated heterocycles. The SMILES string of the molecule is CCN(Cc1ccncc1)C(C)(CN)C(C)OC. The second kappa shape index (κ2) is 6.83. The summed E-state index contributed by atoms with van der Waals surface area (Å²) in [7, 11) is 1.73. The van der Waals surface area contributed by atoms with Crippen molar-refractivity contribution in [2.45, 2.75) is 39.0 Å². The fourth-order valence-electron chi connectivity index (χ4n) is 2.17. The Kier molecular flexibility index (Phi) is 5.72. The third kappa shape index (κ3) is 3.28. The van der Waals surface area contributed by atoms with Gasteiger partial charge in [0.15, 0.2) is 0 Å². The van der Waals surface area contributed by atoms with Gasteiger partial charge in [-0.15, -0.1) is 0 Å². The van der Waals surface area contributed by atoms with Crippen molar-refractivity contribution in [3.05, 3.63) is 30.1 Å². The number of likely N-dealkylation sites (N-methyl/N-ethyl adjacent to an activating group) is 1. The molecular formula is C14H25N3O. The molecule has 0 aliphatic carbocycles. The van der Waals surface area contributed by atoms with Gasteiger partial charge in [-0.2, -0.15) is 0 Å². The van der Waals surface area contributed by atoms with Crippen LogP contribution in [-0.2, 0) is 11.3 Å². The Labute approximate surface area is 110 Å². The van der Waals surface area contributed by atoms with Crippen LogP contribution in [0.15, 0.2) is 24.5 Å². The van der Waals surface area contributed by atoms with Crippen molar-refractivity contribution < 1.29 is 4.74 Å². The van der Waals surface area contributed by atoms with E-state index in [1.54, 1.807) is 7.11 Å². The summed E-state index contributed by atoms with van der Waals surface area (Å²) in [5, 5.41) is 0. The predicted molar refractivity (Wildman–Crippen MR) is 74.3 cm³/mol. The van der Waals surface area contributed by atoms with E-state index in [2.05, 4.69) is 30.7 Å². The van der Waals surface area contributed by atoms with Crippen LogP contribution in [0.25, 0.3) is 0 Å². The van der Waals surface area contributed by atoms with Gasteiger partial charge in [-0.05, 0) is 38.1 Å². The number of ether oxygens (including phenoxy) is 1. The van der Waals surface area contributed by atoms with E-state index in [0.717, 1.165) is 13.1 Å². The highest BCUT2D eigenvalue weighted by molar-refractivity contribution is 5.10. The molecular weight excluding hydrogens is 226 g/mol. The van der Waals surface area contributed by atoms with Gasteiger partial charge in [0.25, 0.3) is 0 Å². The first-order chi connectivity index (χ1) is 8.58. The first-order valence-electron chi connectivity index (χ1n) is 6.45. The van der Waals surface area contributed by atoms with E-state index in [1.165, 1.54) is 5.56 Å². The van der Waals surface area contributed by atoms with Crippen molar-refractivity contribution in [1.82, 2.24) is 9.88 Å². The molecule has 2 atom stereocenters. The van der Waals surface area contributed by atoms with Crippen LogP contribution in [0.5, 0.6) is 0 Å². The molecule has 18 heavy (non-hydrogen) atoms. The predicted octanol–water partition coefficient (Wildman–Crippen LogP) is 1.66. The second-order valence-corrected chi connectivity index (χ2v) is 4.81. The van der Waals surface area contributed by atoms with Gasteiger partial charge < -0.3 is 10.5 Å². The van der Waals surface area contributed by atoms with Crippen LogP contribution < -0.4 is 5.73 Å². The highest BCUT2D eigenvalue weighted by atomic mass is 16.5. The van der Waals surface area contributed by atoms with E-state index >= 15 is 0 Å². The summed E-state index contributed by atoms with van der Waals surface area (Å²) < 4.78 is 5.49. The van der Waals surface area contributed by atoms with Gasteiger partial charge in [-0.1, -0.05) is 6.92 Å². The fraction of sp³-hybridized carbons (Fsp3) is 0.643. The summed E-state index contributed by atoms with van der Waals surface area (Å²) in [4.78, 5) is 6.40. The highest BCUT2D eigenvalue weighted by Gasteiger charge is 2.35. The summed E-state index contributed by atoms with van der Waals surface area (Å²) in [6.07, 6.45) is 3.73. The number of pyridine rings is 1. The molecule has 2 N–H and O–H groups in total. The van der Waals surface area contributed by atoms with E-state index in [4.69, 9.17) is 10.5 Å². The van der Waals surface area contributed by atoms with Crippen LogP contribution in [0.2, 0.25) is 0 Å². The Hall–Kier alpha value is -0.970.